The summed E-state index contributed by atoms with van der Waals surface area (Å²) < 4.78 is 0.998. The van der Waals surface area contributed by atoms with Gasteiger partial charge in [-0.2, -0.15) is 0 Å². The monoisotopic (exact) mass is 452 g/mol. The van der Waals surface area contributed by atoms with E-state index >= 15 is 0 Å². The molecule has 21 heavy (non-hydrogen) atoms. The first-order valence-corrected chi connectivity index (χ1v) is 8.35. The number of hydrogen-bond donors (Lipinski definition) is 2. The van der Waals surface area contributed by atoms with Gasteiger partial charge in [0.2, 0.25) is 0 Å². The molecule has 0 heterocycles. The zero-order chi connectivity index (χ0) is 15.9. The van der Waals surface area contributed by atoms with Gasteiger partial charge in [0.15, 0.2) is 0 Å². The standard InChI is InChI=1S/C15H12Br2Cl2O2/c1-15(2,9-3-7(18)5-11(16)13(9)20)10-4-8(19)6-12(17)14(10)21/h3-6,20-21H,1-2H3. The number of rotatable bonds is 2. The Balaban J connectivity index is 2.73. The minimum atomic E-state index is -0.699. The predicted octanol–water partition coefficient (Wildman–Crippen LogP) is 6.26. The molecule has 6 heteroatoms. The molecule has 0 saturated heterocycles. The van der Waals surface area contributed by atoms with Crippen molar-refractivity contribution in [3.05, 3.63) is 54.4 Å². The van der Waals surface area contributed by atoms with Gasteiger partial charge in [0.05, 0.1) is 8.95 Å². The molecule has 0 bridgehead atoms. The summed E-state index contributed by atoms with van der Waals surface area (Å²) in [6.07, 6.45) is 0. The molecule has 0 atom stereocenters. The van der Waals surface area contributed by atoms with Crippen LogP contribution in [0.2, 0.25) is 10.0 Å². The maximum absolute atomic E-state index is 10.3. The maximum atomic E-state index is 10.3. The van der Waals surface area contributed by atoms with Crippen LogP contribution in [-0.2, 0) is 5.41 Å². The molecule has 2 aromatic rings. The van der Waals surface area contributed by atoms with Gasteiger partial charge in [-0.25, -0.2) is 0 Å². The molecule has 2 nitrogen and oxygen atoms in total. The van der Waals surface area contributed by atoms with E-state index in [-0.39, 0.29) is 11.5 Å². The van der Waals surface area contributed by atoms with Crippen molar-refractivity contribution in [2.24, 2.45) is 0 Å². The van der Waals surface area contributed by atoms with Crippen LogP contribution in [-0.4, -0.2) is 10.2 Å². The van der Waals surface area contributed by atoms with Gasteiger partial charge < -0.3 is 10.2 Å². The molecule has 0 aliphatic carbocycles. The maximum Gasteiger partial charge on any atom is 0.133 e. The molecule has 0 aromatic heterocycles. The van der Waals surface area contributed by atoms with Crippen molar-refractivity contribution in [1.29, 1.82) is 0 Å². The molecule has 0 radical (unpaired) electrons. The zero-order valence-electron chi connectivity index (χ0n) is 11.2. The van der Waals surface area contributed by atoms with Crippen LogP contribution in [0.25, 0.3) is 0 Å². The highest BCUT2D eigenvalue weighted by molar-refractivity contribution is 9.10. The lowest BCUT2D eigenvalue weighted by atomic mass is 9.77. The van der Waals surface area contributed by atoms with E-state index in [0.29, 0.717) is 30.1 Å². The molecule has 2 N–H and O–H groups in total. The molecular weight excluding hydrogens is 443 g/mol. The highest BCUT2D eigenvalue weighted by Crippen LogP contribution is 2.46. The number of aromatic hydroxyl groups is 2. The van der Waals surface area contributed by atoms with E-state index in [4.69, 9.17) is 23.2 Å². The van der Waals surface area contributed by atoms with Crippen LogP contribution in [0.4, 0.5) is 0 Å². The highest BCUT2D eigenvalue weighted by Gasteiger charge is 2.31. The van der Waals surface area contributed by atoms with Gasteiger partial charge in [-0.15, -0.1) is 0 Å². The zero-order valence-corrected chi connectivity index (χ0v) is 15.9. The SMILES string of the molecule is CC(C)(c1cc(Cl)cc(Br)c1O)c1cc(Cl)cc(Br)c1O. The minimum absolute atomic E-state index is 0.0832. The fourth-order valence-electron chi connectivity index (χ4n) is 2.23. The summed E-state index contributed by atoms with van der Waals surface area (Å²) in [6.45, 7) is 3.76. The number of hydrogen-bond acceptors (Lipinski definition) is 2. The molecule has 0 fully saturated rings. The highest BCUT2D eigenvalue weighted by atomic mass is 79.9. The molecule has 2 rings (SSSR count). The van der Waals surface area contributed by atoms with E-state index in [2.05, 4.69) is 31.9 Å². The first-order chi connectivity index (χ1) is 9.64. The van der Waals surface area contributed by atoms with Crippen molar-refractivity contribution in [1.82, 2.24) is 0 Å². The Morgan fingerprint density at radius 2 is 1.14 bits per heavy atom. The van der Waals surface area contributed by atoms with Crippen LogP contribution >= 0.6 is 55.1 Å². The van der Waals surface area contributed by atoms with E-state index < -0.39 is 5.41 Å². The normalized spacial score (nSPS) is 11.7. The van der Waals surface area contributed by atoms with Crippen molar-refractivity contribution in [3.63, 3.8) is 0 Å². The van der Waals surface area contributed by atoms with Gasteiger partial charge in [-0.1, -0.05) is 37.0 Å². The van der Waals surface area contributed by atoms with Crippen LogP contribution in [0.15, 0.2) is 33.2 Å². The van der Waals surface area contributed by atoms with Crippen LogP contribution in [0.3, 0.4) is 0 Å². The lowest BCUT2D eigenvalue weighted by molar-refractivity contribution is 0.432. The van der Waals surface area contributed by atoms with E-state index in [1.54, 1.807) is 24.3 Å². The quantitative estimate of drug-likeness (QED) is 0.562. The lowest BCUT2D eigenvalue weighted by Crippen LogP contribution is -2.19. The summed E-state index contributed by atoms with van der Waals surface area (Å²) >= 11 is 18.7. The van der Waals surface area contributed by atoms with Gasteiger partial charge in [0, 0.05) is 26.6 Å². The molecule has 0 aliphatic heterocycles. The Bertz CT molecular complexity index is 656. The summed E-state index contributed by atoms with van der Waals surface area (Å²) in [5, 5.41) is 21.6. The Labute approximate surface area is 150 Å². The molecule has 0 saturated carbocycles. The van der Waals surface area contributed by atoms with E-state index in [1.807, 2.05) is 13.8 Å². The molecule has 112 valence electrons. The summed E-state index contributed by atoms with van der Waals surface area (Å²) in [4.78, 5) is 0. The second-order valence-corrected chi connectivity index (χ2v) is 7.77. The largest absolute Gasteiger partial charge is 0.506 e. The van der Waals surface area contributed by atoms with Crippen molar-refractivity contribution in [2.75, 3.05) is 0 Å². The van der Waals surface area contributed by atoms with Crippen molar-refractivity contribution >= 4 is 55.1 Å². The van der Waals surface area contributed by atoms with E-state index in [1.165, 1.54) is 0 Å². The molecule has 2 aromatic carbocycles. The fraction of sp³-hybridized carbons (Fsp3) is 0.200. The van der Waals surface area contributed by atoms with Crippen molar-refractivity contribution < 1.29 is 10.2 Å². The number of halogens is 4. The molecule has 0 spiro atoms. The summed E-state index contributed by atoms with van der Waals surface area (Å²) in [6, 6.07) is 6.58. The van der Waals surface area contributed by atoms with Gasteiger partial charge >= 0.3 is 0 Å². The third-order valence-electron chi connectivity index (χ3n) is 3.40. The molecular formula is C15H12Br2Cl2O2. The van der Waals surface area contributed by atoms with Gasteiger partial charge in [0.25, 0.3) is 0 Å². The second-order valence-electron chi connectivity index (χ2n) is 5.19. The topological polar surface area (TPSA) is 40.5 Å². The smallest absolute Gasteiger partial charge is 0.133 e. The predicted molar refractivity (Wildman–Crippen MR) is 93.8 cm³/mol. The van der Waals surface area contributed by atoms with Crippen LogP contribution < -0.4 is 0 Å². The Kier molecular flexibility index (Phi) is 4.84. The van der Waals surface area contributed by atoms with Gasteiger partial charge in [0.1, 0.15) is 11.5 Å². The fourth-order valence-corrected chi connectivity index (χ4v) is 3.85. The molecule has 0 amide bonds. The number of phenols is 2. The van der Waals surface area contributed by atoms with Crippen LogP contribution in [0, 0.1) is 0 Å². The Morgan fingerprint density at radius 3 is 1.48 bits per heavy atom. The van der Waals surface area contributed by atoms with Gasteiger partial charge in [-0.05, 0) is 56.1 Å². The summed E-state index contributed by atoms with van der Waals surface area (Å²) in [5.74, 6) is 0.166. The lowest BCUT2D eigenvalue weighted by Gasteiger charge is -2.28. The Hall–Kier alpha value is -0.420. The molecule has 0 unspecified atom stereocenters. The van der Waals surface area contributed by atoms with Crippen molar-refractivity contribution in [3.8, 4) is 11.5 Å². The third-order valence-corrected chi connectivity index (χ3v) is 5.05. The second kappa shape index (κ2) is 5.99. The van der Waals surface area contributed by atoms with Crippen LogP contribution in [0.1, 0.15) is 25.0 Å². The van der Waals surface area contributed by atoms with E-state index in [0.717, 1.165) is 0 Å². The van der Waals surface area contributed by atoms with Crippen LogP contribution in [0.5, 0.6) is 11.5 Å². The van der Waals surface area contributed by atoms with Gasteiger partial charge in [-0.3, -0.25) is 0 Å². The third kappa shape index (κ3) is 3.19. The van der Waals surface area contributed by atoms with Crippen molar-refractivity contribution in [2.45, 2.75) is 19.3 Å². The Morgan fingerprint density at radius 1 is 0.810 bits per heavy atom. The number of benzene rings is 2. The average Bonchev–Trinajstić information content (AvgIpc) is 2.37. The summed E-state index contributed by atoms with van der Waals surface area (Å²) in [7, 11) is 0. The minimum Gasteiger partial charge on any atom is -0.506 e. The first kappa shape index (κ1) is 16.9. The van der Waals surface area contributed by atoms with E-state index in [9.17, 15) is 10.2 Å². The summed E-state index contributed by atoms with van der Waals surface area (Å²) in [5.41, 5.74) is 0.479. The molecule has 0 aliphatic rings. The number of phenolic OH excluding ortho intramolecular Hbond substituents is 2. The first-order valence-electron chi connectivity index (χ1n) is 6.01. The average molecular weight is 455 g/mol.